The van der Waals surface area contributed by atoms with Crippen molar-refractivity contribution in [3.63, 3.8) is 0 Å². The van der Waals surface area contributed by atoms with Crippen molar-refractivity contribution in [2.45, 2.75) is 26.9 Å². The third-order valence-corrected chi connectivity index (χ3v) is 5.59. The quantitative estimate of drug-likeness (QED) is 0.655. The summed E-state index contributed by atoms with van der Waals surface area (Å²) in [6.07, 6.45) is -0.149. The molecule has 1 aromatic carbocycles. The van der Waals surface area contributed by atoms with Crippen LogP contribution in [0.25, 0.3) is 10.2 Å². The number of thiophene rings is 1. The van der Waals surface area contributed by atoms with Gasteiger partial charge < -0.3 is 19.5 Å². The van der Waals surface area contributed by atoms with Gasteiger partial charge in [0.15, 0.2) is 11.5 Å². The smallest absolute Gasteiger partial charge is 0.348 e. The molecule has 0 unspecified atom stereocenters. The van der Waals surface area contributed by atoms with Gasteiger partial charge >= 0.3 is 5.97 Å². The number of carbonyl (C=O) groups is 1. The Kier molecular flexibility index (Phi) is 5.04. The lowest BCUT2D eigenvalue weighted by molar-refractivity contribution is 0.0531. The van der Waals surface area contributed by atoms with Crippen molar-refractivity contribution in [3.05, 3.63) is 40.5 Å². The van der Waals surface area contributed by atoms with Crippen molar-refractivity contribution in [2.24, 2.45) is 0 Å². The van der Waals surface area contributed by atoms with Crippen molar-refractivity contribution < 1.29 is 19.0 Å². The second-order valence-electron chi connectivity index (χ2n) is 6.45. The van der Waals surface area contributed by atoms with E-state index in [1.54, 1.807) is 6.92 Å². The summed E-state index contributed by atoms with van der Waals surface area (Å²) in [4.78, 5) is 22.6. The molecule has 1 aliphatic rings. The number of aryl methyl sites for hydroxylation is 2. The molecule has 0 saturated heterocycles. The monoisotopic (exact) mass is 399 g/mol. The lowest BCUT2D eigenvalue weighted by Crippen LogP contribution is -2.35. The molecule has 1 N–H and O–H groups in total. The van der Waals surface area contributed by atoms with Crippen molar-refractivity contribution in [3.8, 4) is 11.5 Å². The van der Waals surface area contributed by atoms with E-state index in [2.05, 4.69) is 15.3 Å². The maximum atomic E-state index is 12.2. The zero-order chi connectivity index (χ0) is 19.7. The average molecular weight is 399 g/mol. The van der Waals surface area contributed by atoms with E-state index in [1.165, 1.54) is 11.3 Å². The van der Waals surface area contributed by atoms with Crippen molar-refractivity contribution in [2.75, 3.05) is 25.1 Å². The van der Waals surface area contributed by atoms with Gasteiger partial charge in [-0.05, 0) is 38.5 Å². The molecule has 1 aliphatic heterocycles. The number of fused-ring (bicyclic) bond motifs is 2. The lowest BCUT2D eigenvalue weighted by atomic mass is 10.2. The summed E-state index contributed by atoms with van der Waals surface area (Å²) >= 11 is 1.33. The summed E-state index contributed by atoms with van der Waals surface area (Å²) in [6, 6.07) is 7.62. The molecule has 2 aromatic heterocycles. The number of nitrogens with one attached hydrogen (secondary N) is 1. The molecule has 0 radical (unpaired) electrons. The van der Waals surface area contributed by atoms with Crippen LogP contribution in [0.1, 0.15) is 28.0 Å². The molecule has 146 valence electrons. The van der Waals surface area contributed by atoms with Crippen LogP contribution in [0.4, 0.5) is 5.82 Å². The molecule has 3 heterocycles. The molecular weight excluding hydrogens is 378 g/mol. The Morgan fingerprint density at radius 2 is 2.07 bits per heavy atom. The van der Waals surface area contributed by atoms with E-state index < -0.39 is 0 Å². The topological polar surface area (TPSA) is 82.6 Å². The fourth-order valence-corrected chi connectivity index (χ4v) is 4.26. The molecule has 0 amide bonds. The number of anilines is 1. The minimum Gasteiger partial charge on any atom is -0.486 e. The Morgan fingerprint density at radius 3 is 2.86 bits per heavy atom. The molecule has 7 nitrogen and oxygen atoms in total. The predicted molar refractivity (Wildman–Crippen MR) is 108 cm³/mol. The first-order valence-corrected chi connectivity index (χ1v) is 9.95. The molecule has 0 saturated carbocycles. The normalized spacial score (nSPS) is 15.5. The highest BCUT2D eigenvalue weighted by molar-refractivity contribution is 7.20. The second kappa shape index (κ2) is 7.63. The lowest BCUT2D eigenvalue weighted by Gasteiger charge is -2.26. The van der Waals surface area contributed by atoms with E-state index in [-0.39, 0.29) is 12.1 Å². The molecule has 1 atom stereocenters. The average Bonchev–Trinajstić information content (AvgIpc) is 3.02. The van der Waals surface area contributed by atoms with Crippen LogP contribution in [0.15, 0.2) is 24.3 Å². The summed E-state index contributed by atoms with van der Waals surface area (Å²) in [5, 5.41) is 4.20. The maximum Gasteiger partial charge on any atom is 0.348 e. The van der Waals surface area contributed by atoms with Crippen LogP contribution < -0.4 is 14.8 Å². The van der Waals surface area contributed by atoms with E-state index in [0.29, 0.717) is 36.3 Å². The van der Waals surface area contributed by atoms with Gasteiger partial charge in [0.2, 0.25) is 0 Å². The number of rotatable bonds is 5. The summed E-state index contributed by atoms with van der Waals surface area (Å²) in [5.41, 5.74) is 0.826. The van der Waals surface area contributed by atoms with Gasteiger partial charge in [-0.15, -0.1) is 11.3 Å². The van der Waals surface area contributed by atoms with Crippen LogP contribution in [-0.4, -0.2) is 41.8 Å². The van der Waals surface area contributed by atoms with Gasteiger partial charge in [0, 0.05) is 0 Å². The molecular formula is C20H21N3O4S. The van der Waals surface area contributed by atoms with Crippen molar-refractivity contribution >= 4 is 33.3 Å². The molecule has 0 bridgehead atoms. The van der Waals surface area contributed by atoms with Crippen LogP contribution >= 0.6 is 11.3 Å². The third kappa shape index (κ3) is 3.47. The van der Waals surface area contributed by atoms with Gasteiger partial charge in [0.05, 0.1) is 18.5 Å². The summed E-state index contributed by atoms with van der Waals surface area (Å²) in [5.74, 6) is 2.49. The molecule has 8 heteroatoms. The third-order valence-electron chi connectivity index (χ3n) is 4.43. The van der Waals surface area contributed by atoms with Crippen LogP contribution in [0.3, 0.4) is 0 Å². The van der Waals surface area contributed by atoms with Crippen molar-refractivity contribution in [1.82, 2.24) is 9.97 Å². The van der Waals surface area contributed by atoms with E-state index in [4.69, 9.17) is 14.2 Å². The number of para-hydroxylation sites is 2. The van der Waals surface area contributed by atoms with Gasteiger partial charge in [0.1, 0.15) is 34.1 Å². The van der Waals surface area contributed by atoms with E-state index in [1.807, 2.05) is 38.1 Å². The van der Waals surface area contributed by atoms with E-state index in [0.717, 1.165) is 27.3 Å². The number of ether oxygens (including phenoxy) is 3. The molecule has 3 aromatic rings. The molecule has 28 heavy (non-hydrogen) atoms. The number of esters is 1. The Labute approximate surface area is 166 Å². The minimum atomic E-state index is -0.327. The Morgan fingerprint density at radius 1 is 1.29 bits per heavy atom. The summed E-state index contributed by atoms with van der Waals surface area (Å²) in [6.45, 7) is 6.83. The summed E-state index contributed by atoms with van der Waals surface area (Å²) < 4.78 is 16.9. The zero-order valence-electron chi connectivity index (χ0n) is 15.9. The number of nitrogens with zero attached hydrogens (tertiary/aromatic N) is 2. The SMILES string of the molecule is CCOC(=O)c1sc2nc(C)nc(NC[C@H]3COc4ccccc4O3)c2c1C. The minimum absolute atomic E-state index is 0.149. The van der Waals surface area contributed by atoms with Crippen LogP contribution in [-0.2, 0) is 4.74 Å². The van der Waals surface area contributed by atoms with E-state index >= 15 is 0 Å². The van der Waals surface area contributed by atoms with Gasteiger partial charge in [-0.2, -0.15) is 0 Å². The maximum absolute atomic E-state index is 12.2. The number of benzene rings is 1. The number of hydrogen-bond donors (Lipinski definition) is 1. The highest BCUT2D eigenvalue weighted by Gasteiger charge is 2.23. The largest absolute Gasteiger partial charge is 0.486 e. The molecule has 0 aliphatic carbocycles. The second-order valence-corrected chi connectivity index (χ2v) is 7.45. The van der Waals surface area contributed by atoms with Crippen molar-refractivity contribution in [1.29, 1.82) is 0 Å². The van der Waals surface area contributed by atoms with Gasteiger partial charge in [-0.3, -0.25) is 0 Å². The Bertz CT molecular complexity index is 1030. The molecule has 0 fully saturated rings. The first-order chi connectivity index (χ1) is 13.6. The highest BCUT2D eigenvalue weighted by atomic mass is 32.1. The van der Waals surface area contributed by atoms with Gasteiger partial charge in [-0.25, -0.2) is 14.8 Å². The molecule has 4 rings (SSSR count). The number of carbonyl (C=O) groups excluding carboxylic acids is 1. The first-order valence-electron chi connectivity index (χ1n) is 9.14. The predicted octanol–water partition coefficient (Wildman–Crippen LogP) is 3.74. The fraction of sp³-hybridized carbons (Fsp3) is 0.350. The number of aromatic nitrogens is 2. The van der Waals surface area contributed by atoms with Crippen LogP contribution in [0.2, 0.25) is 0 Å². The Balaban J connectivity index is 1.58. The molecule has 0 spiro atoms. The van der Waals surface area contributed by atoms with Crippen LogP contribution in [0.5, 0.6) is 11.5 Å². The highest BCUT2D eigenvalue weighted by Crippen LogP contribution is 2.35. The number of hydrogen-bond acceptors (Lipinski definition) is 8. The zero-order valence-corrected chi connectivity index (χ0v) is 16.8. The van der Waals surface area contributed by atoms with Gasteiger partial charge in [0.25, 0.3) is 0 Å². The first kappa shape index (κ1) is 18.5. The van der Waals surface area contributed by atoms with Crippen LogP contribution in [0, 0.1) is 13.8 Å². The van der Waals surface area contributed by atoms with E-state index in [9.17, 15) is 4.79 Å². The standard InChI is InChI=1S/C20H21N3O4S/c1-4-25-20(24)17-11(2)16-18(22-12(3)23-19(16)28-17)21-9-13-10-26-14-7-5-6-8-15(14)27-13/h5-8,13H,4,9-10H2,1-3H3,(H,21,22,23)/t13-/m0/s1. The van der Waals surface area contributed by atoms with Gasteiger partial charge in [-0.1, -0.05) is 12.1 Å². The summed E-state index contributed by atoms with van der Waals surface area (Å²) in [7, 11) is 0. The fourth-order valence-electron chi connectivity index (χ4n) is 3.14. The Hall–Kier alpha value is -2.87.